The zero-order chi connectivity index (χ0) is 14.8. The van der Waals surface area contributed by atoms with Gasteiger partial charge in [0.15, 0.2) is 0 Å². The average Bonchev–Trinajstić information content (AvgIpc) is 2.37. The number of benzene rings is 1. The summed E-state index contributed by atoms with van der Waals surface area (Å²) in [7, 11) is -3.86. The molecule has 8 heteroatoms. The third kappa shape index (κ3) is 3.28. The number of aromatic nitrogens is 1. The molecule has 0 fully saturated rings. The molecular formula is C12H7BrClN3O2S. The molecule has 1 aromatic carbocycles. The first-order valence-corrected chi connectivity index (χ1v) is 7.93. The van der Waals surface area contributed by atoms with Crippen molar-refractivity contribution in [1.82, 2.24) is 4.98 Å². The summed E-state index contributed by atoms with van der Waals surface area (Å²) in [5.74, 6) is 0.166. The van der Waals surface area contributed by atoms with Crippen LogP contribution in [-0.2, 0) is 10.0 Å². The molecule has 0 amide bonds. The Morgan fingerprint density at radius 3 is 2.65 bits per heavy atom. The van der Waals surface area contributed by atoms with E-state index in [1.807, 2.05) is 6.07 Å². The Hall–Kier alpha value is -1.62. The van der Waals surface area contributed by atoms with Crippen LogP contribution in [0.5, 0.6) is 0 Å². The third-order valence-electron chi connectivity index (χ3n) is 2.30. The van der Waals surface area contributed by atoms with Crippen LogP contribution in [0.15, 0.2) is 45.9 Å². The maximum absolute atomic E-state index is 12.2. The van der Waals surface area contributed by atoms with Crippen molar-refractivity contribution in [3.63, 3.8) is 0 Å². The molecule has 20 heavy (non-hydrogen) atoms. The van der Waals surface area contributed by atoms with Gasteiger partial charge in [-0.3, -0.25) is 4.72 Å². The molecule has 0 radical (unpaired) electrons. The number of rotatable bonds is 3. The van der Waals surface area contributed by atoms with Gasteiger partial charge in [-0.15, -0.1) is 0 Å². The molecule has 5 nitrogen and oxygen atoms in total. The average molecular weight is 373 g/mol. The summed E-state index contributed by atoms with van der Waals surface area (Å²) < 4.78 is 27.2. The van der Waals surface area contributed by atoms with Gasteiger partial charge in [0.25, 0.3) is 10.0 Å². The predicted molar refractivity (Wildman–Crippen MR) is 78.9 cm³/mol. The summed E-state index contributed by atoms with van der Waals surface area (Å²) in [4.78, 5) is 3.87. The molecule has 102 valence electrons. The highest BCUT2D eigenvalue weighted by atomic mass is 79.9. The van der Waals surface area contributed by atoms with Gasteiger partial charge in [0.1, 0.15) is 15.3 Å². The third-order valence-corrected chi connectivity index (χ3v) is 4.58. The number of hydrogen-bond donors (Lipinski definition) is 1. The molecule has 0 aliphatic carbocycles. The van der Waals surface area contributed by atoms with Crippen LogP contribution in [0.3, 0.4) is 0 Å². The number of halogens is 2. The lowest BCUT2D eigenvalue weighted by molar-refractivity contribution is 0.601. The zero-order valence-electron chi connectivity index (χ0n) is 9.84. The Labute approximate surface area is 129 Å². The fourth-order valence-electron chi connectivity index (χ4n) is 1.45. The van der Waals surface area contributed by atoms with Crippen LogP contribution in [0.4, 0.5) is 5.82 Å². The first-order valence-electron chi connectivity index (χ1n) is 5.27. The smallest absolute Gasteiger partial charge is 0.263 e. The lowest BCUT2D eigenvalue weighted by atomic mass is 10.2. The molecule has 1 N–H and O–H groups in total. The highest BCUT2D eigenvalue weighted by Crippen LogP contribution is 2.24. The lowest BCUT2D eigenvalue weighted by Gasteiger charge is -2.09. The molecule has 0 saturated carbocycles. The van der Waals surface area contributed by atoms with E-state index in [0.717, 1.165) is 0 Å². The number of sulfonamides is 1. The predicted octanol–water partition coefficient (Wildman–Crippen LogP) is 3.17. The molecule has 1 aromatic heterocycles. The topological polar surface area (TPSA) is 82.8 Å². The van der Waals surface area contributed by atoms with Crippen molar-refractivity contribution in [2.24, 2.45) is 0 Å². The normalized spacial score (nSPS) is 10.8. The Bertz CT molecular complexity index is 803. The van der Waals surface area contributed by atoms with Crippen molar-refractivity contribution in [2.45, 2.75) is 4.90 Å². The second-order valence-electron chi connectivity index (χ2n) is 3.71. The van der Waals surface area contributed by atoms with Gasteiger partial charge in [0.2, 0.25) is 0 Å². The number of nitrogens with one attached hydrogen (secondary N) is 1. The molecule has 1 heterocycles. The minimum absolute atomic E-state index is 0.0217. The maximum atomic E-state index is 12.2. The van der Waals surface area contributed by atoms with E-state index in [1.165, 1.54) is 24.3 Å². The highest BCUT2D eigenvalue weighted by Gasteiger charge is 2.19. The van der Waals surface area contributed by atoms with Gasteiger partial charge in [-0.1, -0.05) is 17.7 Å². The quantitative estimate of drug-likeness (QED) is 0.839. The number of pyridine rings is 1. The van der Waals surface area contributed by atoms with Crippen LogP contribution in [-0.4, -0.2) is 13.4 Å². The van der Waals surface area contributed by atoms with Crippen LogP contribution < -0.4 is 4.72 Å². The van der Waals surface area contributed by atoms with Gasteiger partial charge in [-0.25, -0.2) is 13.4 Å². The van der Waals surface area contributed by atoms with Crippen LogP contribution in [0.25, 0.3) is 0 Å². The van der Waals surface area contributed by atoms with E-state index in [2.05, 4.69) is 25.6 Å². The van der Waals surface area contributed by atoms with Crippen LogP contribution in [0.1, 0.15) is 5.56 Å². The molecular weight excluding hydrogens is 366 g/mol. The maximum Gasteiger partial charge on any atom is 0.264 e. The molecule has 2 rings (SSSR count). The summed E-state index contributed by atoms with van der Waals surface area (Å²) in [5, 5.41) is 8.71. The van der Waals surface area contributed by atoms with Gasteiger partial charge in [-0.2, -0.15) is 5.26 Å². The van der Waals surface area contributed by atoms with E-state index in [4.69, 9.17) is 16.9 Å². The first kappa shape index (κ1) is 14.8. The molecule has 0 bridgehead atoms. The van der Waals surface area contributed by atoms with Gasteiger partial charge < -0.3 is 0 Å². The second-order valence-corrected chi connectivity index (χ2v) is 6.58. The minimum Gasteiger partial charge on any atom is -0.263 e. The summed E-state index contributed by atoms with van der Waals surface area (Å²) in [5.41, 5.74) is 0.287. The van der Waals surface area contributed by atoms with E-state index < -0.39 is 10.0 Å². The number of nitriles is 1. The Morgan fingerprint density at radius 2 is 2.05 bits per heavy atom. The van der Waals surface area contributed by atoms with Gasteiger partial charge >= 0.3 is 0 Å². The van der Waals surface area contributed by atoms with Crippen molar-refractivity contribution in [3.8, 4) is 6.07 Å². The van der Waals surface area contributed by atoms with Crippen molar-refractivity contribution >= 4 is 43.4 Å². The standard InChI is InChI=1S/C12H7BrClN3O2S/c13-11-2-1-3-12(16-11)17-20(18,19)10-5-4-8(7-15)6-9(10)14/h1-6H,(H,16,17). The molecule has 0 spiro atoms. The second kappa shape index (κ2) is 5.79. The zero-order valence-corrected chi connectivity index (χ0v) is 13.0. The Kier molecular flexibility index (Phi) is 4.28. The number of anilines is 1. The van der Waals surface area contributed by atoms with Crippen molar-refractivity contribution in [1.29, 1.82) is 5.26 Å². The van der Waals surface area contributed by atoms with Crippen molar-refractivity contribution in [3.05, 3.63) is 51.6 Å². The first-order chi connectivity index (χ1) is 9.42. The van der Waals surface area contributed by atoms with Gasteiger partial charge in [0.05, 0.1) is 16.7 Å². The fraction of sp³-hybridized carbons (Fsp3) is 0. The van der Waals surface area contributed by atoms with E-state index in [-0.39, 0.29) is 21.3 Å². The summed E-state index contributed by atoms with van der Waals surface area (Å²) in [6.45, 7) is 0. The van der Waals surface area contributed by atoms with Crippen LogP contribution >= 0.6 is 27.5 Å². The summed E-state index contributed by atoms with van der Waals surface area (Å²) in [6, 6.07) is 10.7. The molecule has 0 unspecified atom stereocenters. The van der Waals surface area contributed by atoms with Crippen LogP contribution in [0, 0.1) is 11.3 Å². The molecule has 0 atom stereocenters. The van der Waals surface area contributed by atoms with Gasteiger partial charge in [0, 0.05) is 0 Å². The number of nitrogens with zero attached hydrogens (tertiary/aromatic N) is 2. The fourth-order valence-corrected chi connectivity index (χ4v) is 3.34. The Morgan fingerprint density at radius 1 is 1.30 bits per heavy atom. The summed E-state index contributed by atoms with van der Waals surface area (Å²) in [6.07, 6.45) is 0. The number of hydrogen-bond acceptors (Lipinski definition) is 4. The lowest BCUT2D eigenvalue weighted by Crippen LogP contribution is -2.14. The molecule has 2 aromatic rings. The molecule has 0 saturated heterocycles. The van der Waals surface area contributed by atoms with Crippen molar-refractivity contribution < 1.29 is 8.42 Å². The van der Waals surface area contributed by atoms with E-state index >= 15 is 0 Å². The molecule has 0 aliphatic heterocycles. The van der Waals surface area contributed by atoms with E-state index in [1.54, 1.807) is 12.1 Å². The minimum atomic E-state index is -3.86. The highest BCUT2D eigenvalue weighted by molar-refractivity contribution is 9.10. The summed E-state index contributed by atoms with van der Waals surface area (Å²) >= 11 is 9.04. The van der Waals surface area contributed by atoms with Crippen molar-refractivity contribution in [2.75, 3.05) is 4.72 Å². The largest absolute Gasteiger partial charge is 0.264 e. The van der Waals surface area contributed by atoms with Gasteiger partial charge in [-0.05, 0) is 46.3 Å². The van der Waals surface area contributed by atoms with E-state index in [9.17, 15) is 8.42 Å². The van der Waals surface area contributed by atoms with E-state index in [0.29, 0.717) is 4.60 Å². The monoisotopic (exact) mass is 371 g/mol. The SMILES string of the molecule is N#Cc1ccc(S(=O)(=O)Nc2cccc(Br)n2)c(Cl)c1. The molecule has 0 aliphatic rings. The van der Waals surface area contributed by atoms with Crippen LogP contribution in [0.2, 0.25) is 5.02 Å². The Balaban J connectivity index is 2.39.